The average molecular weight is 197 g/mol. The minimum Gasteiger partial charge on any atom is -0.384 e. The molecule has 13 heavy (non-hydrogen) atoms. The second kappa shape index (κ2) is 3.07. The highest BCUT2D eigenvalue weighted by atomic mass is 32.1. The van der Waals surface area contributed by atoms with Gasteiger partial charge in [-0.2, -0.15) is 4.37 Å². The molecule has 1 aromatic rings. The van der Waals surface area contributed by atoms with Gasteiger partial charge in [0.15, 0.2) is 0 Å². The Hall–Kier alpha value is -0.410. The zero-order chi connectivity index (χ0) is 9.47. The van der Waals surface area contributed by atoms with Crippen molar-refractivity contribution in [2.75, 3.05) is 0 Å². The lowest BCUT2D eigenvalue weighted by molar-refractivity contribution is 0.0445. The fourth-order valence-electron chi connectivity index (χ4n) is 2.07. The average Bonchev–Trinajstić information content (AvgIpc) is 2.60. The van der Waals surface area contributed by atoms with Gasteiger partial charge in [0.1, 0.15) is 5.60 Å². The van der Waals surface area contributed by atoms with Crippen molar-refractivity contribution in [1.29, 1.82) is 0 Å². The highest BCUT2D eigenvalue weighted by molar-refractivity contribution is 7.06. The number of rotatable bonds is 1. The summed E-state index contributed by atoms with van der Waals surface area (Å²) >= 11 is 1.45. The molecular weight excluding hydrogens is 182 g/mol. The fourth-order valence-corrected chi connectivity index (χ4v) is 2.95. The van der Waals surface area contributed by atoms with Crippen LogP contribution in [0.5, 0.6) is 0 Å². The number of aromatic nitrogens is 1. The molecule has 0 saturated heterocycles. The first-order valence-corrected chi connectivity index (χ1v) is 5.54. The molecule has 1 aliphatic carbocycles. The number of nitrogens with zero attached hydrogens (tertiary/aromatic N) is 1. The van der Waals surface area contributed by atoms with Crippen LogP contribution in [0.15, 0.2) is 6.07 Å². The second-order valence-electron chi connectivity index (χ2n) is 4.21. The molecule has 1 fully saturated rings. The molecule has 0 spiro atoms. The van der Waals surface area contributed by atoms with Crippen LogP contribution >= 0.6 is 11.5 Å². The van der Waals surface area contributed by atoms with Gasteiger partial charge < -0.3 is 5.11 Å². The maximum Gasteiger partial charge on any atom is 0.101 e. The smallest absolute Gasteiger partial charge is 0.101 e. The molecule has 1 N–H and O–H groups in total. The van der Waals surface area contributed by atoms with Crippen LogP contribution in [-0.2, 0) is 5.60 Å². The van der Waals surface area contributed by atoms with Crippen molar-refractivity contribution in [3.05, 3.63) is 16.6 Å². The second-order valence-corrected chi connectivity index (χ2v) is 5.02. The molecule has 1 aromatic heterocycles. The Kier molecular flexibility index (Phi) is 2.16. The zero-order valence-corrected chi connectivity index (χ0v) is 8.90. The molecule has 1 saturated carbocycles. The molecule has 3 heteroatoms. The van der Waals surface area contributed by atoms with Crippen LogP contribution in [0.1, 0.15) is 36.8 Å². The van der Waals surface area contributed by atoms with Crippen LogP contribution < -0.4 is 0 Å². The van der Waals surface area contributed by atoms with E-state index in [1.807, 2.05) is 13.0 Å². The van der Waals surface area contributed by atoms with E-state index in [4.69, 9.17) is 0 Å². The number of aliphatic hydroxyl groups is 1. The van der Waals surface area contributed by atoms with Crippen molar-refractivity contribution in [2.45, 2.75) is 38.7 Å². The third-order valence-corrected chi connectivity index (χ3v) is 3.90. The fraction of sp³-hybridized carbons (Fsp3) is 0.700. The Balaban J connectivity index is 2.25. The van der Waals surface area contributed by atoms with Gasteiger partial charge in [0.05, 0.1) is 10.6 Å². The molecule has 0 aliphatic heterocycles. The summed E-state index contributed by atoms with van der Waals surface area (Å²) in [5.41, 5.74) is 0.457. The third kappa shape index (κ3) is 1.63. The molecule has 72 valence electrons. The van der Waals surface area contributed by atoms with Crippen LogP contribution in [0.25, 0.3) is 0 Å². The molecule has 2 rings (SSSR count). The number of hydrogen-bond acceptors (Lipinski definition) is 3. The standard InChI is InChI=1S/C10H15NOS/c1-7-3-4-10(12,6-7)9-5-8(2)11-13-9/h5,7,12H,3-4,6H2,1-2H3. The Morgan fingerprint density at radius 3 is 2.92 bits per heavy atom. The maximum absolute atomic E-state index is 10.3. The first-order chi connectivity index (χ1) is 6.10. The van der Waals surface area contributed by atoms with Crippen molar-refractivity contribution in [3.63, 3.8) is 0 Å². The largest absolute Gasteiger partial charge is 0.384 e. The quantitative estimate of drug-likeness (QED) is 0.750. The van der Waals surface area contributed by atoms with Gasteiger partial charge in [-0.3, -0.25) is 0 Å². The van der Waals surface area contributed by atoms with Gasteiger partial charge in [-0.1, -0.05) is 6.92 Å². The van der Waals surface area contributed by atoms with Crippen molar-refractivity contribution in [2.24, 2.45) is 5.92 Å². The number of aryl methyl sites for hydroxylation is 1. The van der Waals surface area contributed by atoms with E-state index in [0.717, 1.165) is 29.8 Å². The van der Waals surface area contributed by atoms with Gasteiger partial charge in [-0.05, 0) is 49.7 Å². The zero-order valence-electron chi connectivity index (χ0n) is 8.08. The molecule has 1 heterocycles. The molecule has 1 aliphatic rings. The third-order valence-electron chi connectivity index (χ3n) is 2.82. The van der Waals surface area contributed by atoms with E-state index >= 15 is 0 Å². The lowest BCUT2D eigenvalue weighted by Crippen LogP contribution is -2.19. The Labute approximate surface area is 82.8 Å². The van der Waals surface area contributed by atoms with Crippen molar-refractivity contribution in [3.8, 4) is 0 Å². The van der Waals surface area contributed by atoms with Crippen molar-refractivity contribution < 1.29 is 5.11 Å². The SMILES string of the molecule is Cc1cc(C2(O)CCC(C)C2)sn1. The Bertz CT molecular complexity index is 310. The molecule has 0 radical (unpaired) electrons. The van der Waals surface area contributed by atoms with Gasteiger partial charge >= 0.3 is 0 Å². The Morgan fingerprint density at radius 1 is 1.69 bits per heavy atom. The highest BCUT2D eigenvalue weighted by Gasteiger charge is 2.38. The maximum atomic E-state index is 10.3. The lowest BCUT2D eigenvalue weighted by atomic mass is 9.99. The monoisotopic (exact) mass is 197 g/mol. The normalized spacial score (nSPS) is 33.9. The molecule has 2 nitrogen and oxygen atoms in total. The predicted octanol–water partition coefficient (Wildman–Crippen LogP) is 2.46. The lowest BCUT2D eigenvalue weighted by Gasteiger charge is -2.19. The minimum absolute atomic E-state index is 0.564. The minimum atomic E-state index is -0.564. The van der Waals surface area contributed by atoms with Crippen LogP contribution in [0.2, 0.25) is 0 Å². The van der Waals surface area contributed by atoms with E-state index in [2.05, 4.69) is 11.3 Å². The summed E-state index contributed by atoms with van der Waals surface area (Å²) in [7, 11) is 0. The molecule has 2 atom stereocenters. The summed E-state index contributed by atoms with van der Waals surface area (Å²) in [5.74, 6) is 0.646. The van der Waals surface area contributed by atoms with Gasteiger partial charge in [0, 0.05) is 0 Å². The molecule has 0 bridgehead atoms. The Morgan fingerprint density at radius 2 is 2.46 bits per heavy atom. The van der Waals surface area contributed by atoms with E-state index < -0.39 is 5.60 Å². The molecule has 0 amide bonds. The summed E-state index contributed by atoms with van der Waals surface area (Å²) < 4.78 is 4.21. The van der Waals surface area contributed by atoms with Crippen molar-refractivity contribution in [1.82, 2.24) is 4.37 Å². The van der Waals surface area contributed by atoms with E-state index in [1.165, 1.54) is 11.5 Å². The predicted molar refractivity (Wildman–Crippen MR) is 53.8 cm³/mol. The topological polar surface area (TPSA) is 33.1 Å². The van der Waals surface area contributed by atoms with Crippen LogP contribution in [-0.4, -0.2) is 9.48 Å². The van der Waals surface area contributed by atoms with Crippen LogP contribution in [0, 0.1) is 12.8 Å². The van der Waals surface area contributed by atoms with Crippen LogP contribution in [0.4, 0.5) is 0 Å². The summed E-state index contributed by atoms with van der Waals surface area (Å²) in [6, 6.07) is 2.02. The summed E-state index contributed by atoms with van der Waals surface area (Å²) in [6.45, 7) is 4.17. The van der Waals surface area contributed by atoms with Gasteiger partial charge in [-0.15, -0.1) is 0 Å². The van der Waals surface area contributed by atoms with Gasteiger partial charge in [-0.25, -0.2) is 0 Å². The molecule has 2 unspecified atom stereocenters. The first-order valence-electron chi connectivity index (χ1n) is 4.76. The van der Waals surface area contributed by atoms with E-state index in [1.54, 1.807) is 0 Å². The van der Waals surface area contributed by atoms with Gasteiger partial charge in [0.25, 0.3) is 0 Å². The van der Waals surface area contributed by atoms with E-state index in [-0.39, 0.29) is 0 Å². The highest BCUT2D eigenvalue weighted by Crippen LogP contribution is 2.43. The van der Waals surface area contributed by atoms with Crippen molar-refractivity contribution >= 4 is 11.5 Å². The van der Waals surface area contributed by atoms with E-state index in [0.29, 0.717) is 5.92 Å². The molecule has 0 aromatic carbocycles. The summed E-state index contributed by atoms with van der Waals surface area (Å²) in [4.78, 5) is 1.05. The van der Waals surface area contributed by atoms with Crippen LogP contribution in [0.3, 0.4) is 0 Å². The van der Waals surface area contributed by atoms with E-state index in [9.17, 15) is 5.11 Å². The molecular formula is C10H15NOS. The number of hydrogen-bond donors (Lipinski definition) is 1. The summed E-state index contributed by atoms with van der Waals surface area (Å²) in [6.07, 6.45) is 2.93. The van der Waals surface area contributed by atoms with Gasteiger partial charge in [0.2, 0.25) is 0 Å². The summed E-state index contributed by atoms with van der Waals surface area (Å²) in [5, 5.41) is 10.3. The first kappa shape index (κ1) is 9.16.